The summed E-state index contributed by atoms with van der Waals surface area (Å²) in [7, 11) is 0. The first-order chi connectivity index (χ1) is 17.5. The Hall–Kier alpha value is -5.05. The second kappa shape index (κ2) is 9.67. The zero-order valence-corrected chi connectivity index (χ0v) is 19.7. The molecule has 0 aliphatic rings. The predicted octanol–water partition coefficient (Wildman–Crippen LogP) is 4.19. The van der Waals surface area contributed by atoms with Gasteiger partial charge < -0.3 is 9.97 Å². The molecule has 0 saturated heterocycles. The number of hydrogen-bond acceptors (Lipinski definition) is 5. The number of aromatic amines is 2. The molecule has 9 heteroatoms. The van der Waals surface area contributed by atoms with Gasteiger partial charge in [0.05, 0.1) is 34.9 Å². The number of aryl methyl sites for hydroxylation is 2. The summed E-state index contributed by atoms with van der Waals surface area (Å²) in [6.07, 6.45) is 6.78. The second-order valence-electron chi connectivity index (χ2n) is 8.23. The van der Waals surface area contributed by atoms with Crippen molar-refractivity contribution in [3.05, 3.63) is 101 Å². The summed E-state index contributed by atoms with van der Waals surface area (Å²) in [5, 5.41) is 10.2. The number of benzene rings is 2. The van der Waals surface area contributed by atoms with Crippen molar-refractivity contribution in [2.45, 2.75) is 13.8 Å². The van der Waals surface area contributed by atoms with E-state index in [1.807, 2.05) is 60.9 Å². The van der Waals surface area contributed by atoms with Gasteiger partial charge in [-0.1, -0.05) is 36.4 Å². The molecule has 0 saturated carbocycles. The molecule has 4 N–H and O–H groups in total. The lowest BCUT2D eigenvalue weighted by Gasteiger charge is -2.09. The van der Waals surface area contributed by atoms with Gasteiger partial charge in [0, 0.05) is 45.3 Å². The van der Waals surface area contributed by atoms with Crippen molar-refractivity contribution in [3.8, 4) is 0 Å². The molecule has 36 heavy (non-hydrogen) atoms. The van der Waals surface area contributed by atoms with Crippen LogP contribution in [0, 0.1) is 13.8 Å². The van der Waals surface area contributed by atoms with Crippen LogP contribution in [0.1, 0.15) is 43.2 Å². The maximum atomic E-state index is 12.8. The first kappa shape index (κ1) is 22.7. The third kappa shape index (κ3) is 4.49. The van der Waals surface area contributed by atoms with Gasteiger partial charge in [-0.25, -0.2) is 10.9 Å². The molecule has 0 aliphatic carbocycles. The standard InChI is InChI=1S/C27H23N7O2/c1-16-22(26(35)33-30-14-18-12-28-24-9-5-3-7-20(18)24)11-23(17(2)32-16)27(36)34-31-15-19-13-29-25-10-6-4-8-21(19)25/h3-15,28-29H,1-2H3,(H,33,35)(H,34,36). The minimum absolute atomic E-state index is 0.252. The van der Waals surface area contributed by atoms with Crippen LogP contribution >= 0.6 is 0 Å². The van der Waals surface area contributed by atoms with Crippen LogP contribution in [0.5, 0.6) is 0 Å². The van der Waals surface area contributed by atoms with Crippen LogP contribution in [-0.2, 0) is 0 Å². The Morgan fingerprint density at radius 3 is 1.67 bits per heavy atom. The Labute approximate surface area is 206 Å². The average Bonchev–Trinajstić information content (AvgIpc) is 3.48. The van der Waals surface area contributed by atoms with Crippen molar-refractivity contribution in [2.75, 3.05) is 0 Å². The summed E-state index contributed by atoms with van der Waals surface area (Å²) >= 11 is 0. The summed E-state index contributed by atoms with van der Waals surface area (Å²) in [4.78, 5) is 36.3. The third-order valence-corrected chi connectivity index (χ3v) is 5.87. The van der Waals surface area contributed by atoms with E-state index >= 15 is 0 Å². The van der Waals surface area contributed by atoms with Gasteiger partial charge in [-0.15, -0.1) is 0 Å². The molecular weight excluding hydrogens is 454 g/mol. The van der Waals surface area contributed by atoms with Crippen LogP contribution in [0.4, 0.5) is 0 Å². The number of carbonyl (C=O) groups excluding carboxylic acids is 2. The molecule has 5 rings (SSSR count). The zero-order valence-electron chi connectivity index (χ0n) is 19.7. The largest absolute Gasteiger partial charge is 0.361 e. The number of aromatic nitrogens is 3. The molecule has 0 unspecified atom stereocenters. The van der Waals surface area contributed by atoms with Crippen molar-refractivity contribution in [3.63, 3.8) is 0 Å². The normalized spacial score (nSPS) is 11.6. The Morgan fingerprint density at radius 1 is 0.750 bits per heavy atom. The van der Waals surface area contributed by atoms with E-state index in [0.29, 0.717) is 11.4 Å². The Balaban J connectivity index is 1.29. The summed E-state index contributed by atoms with van der Waals surface area (Å²) in [6.45, 7) is 3.42. The fourth-order valence-electron chi connectivity index (χ4n) is 4.03. The number of hydrazone groups is 2. The summed E-state index contributed by atoms with van der Waals surface area (Å²) in [6, 6.07) is 17.1. The molecule has 0 fully saturated rings. The van der Waals surface area contributed by atoms with E-state index in [9.17, 15) is 9.59 Å². The van der Waals surface area contributed by atoms with Gasteiger partial charge in [-0.05, 0) is 32.0 Å². The highest BCUT2D eigenvalue weighted by molar-refractivity contribution is 6.03. The Bertz CT molecular complexity index is 1540. The van der Waals surface area contributed by atoms with Crippen molar-refractivity contribution in [2.24, 2.45) is 10.2 Å². The lowest BCUT2D eigenvalue weighted by atomic mass is 10.1. The monoisotopic (exact) mass is 477 g/mol. The van der Waals surface area contributed by atoms with Crippen molar-refractivity contribution in [1.29, 1.82) is 0 Å². The van der Waals surface area contributed by atoms with Gasteiger partial charge in [0.1, 0.15) is 0 Å². The maximum Gasteiger partial charge on any atom is 0.273 e. The van der Waals surface area contributed by atoms with E-state index in [1.165, 1.54) is 6.07 Å². The molecule has 5 aromatic rings. The maximum absolute atomic E-state index is 12.8. The number of nitrogens with one attached hydrogen (secondary N) is 4. The van der Waals surface area contributed by atoms with Crippen LogP contribution < -0.4 is 10.9 Å². The number of carbonyl (C=O) groups is 2. The quantitative estimate of drug-likeness (QED) is 0.216. The number of H-pyrrole nitrogens is 2. The van der Waals surface area contributed by atoms with E-state index in [1.54, 1.807) is 26.3 Å². The van der Waals surface area contributed by atoms with Crippen molar-refractivity contribution >= 4 is 46.0 Å². The summed E-state index contributed by atoms with van der Waals surface area (Å²) < 4.78 is 0. The van der Waals surface area contributed by atoms with E-state index in [4.69, 9.17) is 0 Å². The fourth-order valence-corrected chi connectivity index (χ4v) is 4.03. The van der Waals surface area contributed by atoms with Gasteiger partial charge >= 0.3 is 0 Å². The number of nitrogens with zero attached hydrogens (tertiary/aromatic N) is 3. The van der Waals surface area contributed by atoms with Gasteiger partial charge in [0.15, 0.2) is 0 Å². The molecule has 0 aliphatic heterocycles. The lowest BCUT2D eigenvalue weighted by molar-refractivity contribution is 0.0954. The molecule has 3 aromatic heterocycles. The minimum atomic E-state index is -0.465. The molecule has 2 amide bonds. The van der Waals surface area contributed by atoms with E-state index in [2.05, 4.69) is 36.0 Å². The van der Waals surface area contributed by atoms with Crippen molar-refractivity contribution < 1.29 is 9.59 Å². The van der Waals surface area contributed by atoms with E-state index in [-0.39, 0.29) is 11.1 Å². The number of rotatable bonds is 6. The number of para-hydroxylation sites is 2. The van der Waals surface area contributed by atoms with Crippen LogP contribution in [0.15, 0.2) is 77.2 Å². The molecule has 178 valence electrons. The van der Waals surface area contributed by atoms with Gasteiger partial charge in [0.2, 0.25) is 0 Å². The van der Waals surface area contributed by atoms with Gasteiger partial charge in [-0.2, -0.15) is 10.2 Å². The molecule has 3 heterocycles. The summed E-state index contributed by atoms with van der Waals surface area (Å²) in [5.41, 5.74) is 10.2. The number of amides is 2. The Morgan fingerprint density at radius 2 is 1.19 bits per heavy atom. The highest BCUT2D eigenvalue weighted by atomic mass is 16.2. The molecule has 0 atom stereocenters. The average molecular weight is 478 g/mol. The highest BCUT2D eigenvalue weighted by Crippen LogP contribution is 2.17. The fraction of sp³-hybridized carbons (Fsp3) is 0.0741. The lowest BCUT2D eigenvalue weighted by Crippen LogP contribution is -2.23. The molecule has 0 spiro atoms. The number of fused-ring (bicyclic) bond motifs is 2. The number of pyridine rings is 1. The molecular formula is C27H23N7O2. The second-order valence-corrected chi connectivity index (χ2v) is 8.23. The van der Waals surface area contributed by atoms with E-state index in [0.717, 1.165) is 32.9 Å². The topological polar surface area (TPSA) is 127 Å². The van der Waals surface area contributed by atoms with Crippen LogP contribution in [-0.4, -0.2) is 39.2 Å². The SMILES string of the molecule is Cc1nc(C)c(C(=O)NN=Cc2c[nH]c3ccccc23)cc1C(=O)NN=Cc1c[nH]c2ccccc12. The van der Waals surface area contributed by atoms with E-state index < -0.39 is 11.8 Å². The van der Waals surface area contributed by atoms with Crippen LogP contribution in [0.2, 0.25) is 0 Å². The van der Waals surface area contributed by atoms with Gasteiger partial charge in [0.25, 0.3) is 11.8 Å². The third-order valence-electron chi connectivity index (χ3n) is 5.87. The summed E-state index contributed by atoms with van der Waals surface area (Å²) in [5.74, 6) is -0.931. The molecule has 0 radical (unpaired) electrons. The Kier molecular flexibility index (Phi) is 6.10. The predicted molar refractivity (Wildman–Crippen MR) is 140 cm³/mol. The zero-order chi connectivity index (χ0) is 25.1. The smallest absolute Gasteiger partial charge is 0.273 e. The first-order valence-corrected chi connectivity index (χ1v) is 11.3. The van der Waals surface area contributed by atoms with Crippen molar-refractivity contribution in [1.82, 2.24) is 25.8 Å². The van der Waals surface area contributed by atoms with Gasteiger partial charge in [-0.3, -0.25) is 14.6 Å². The minimum Gasteiger partial charge on any atom is -0.361 e. The molecule has 9 nitrogen and oxygen atoms in total. The van der Waals surface area contributed by atoms with Crippen LogP contribution in [0.25, 0.3) is 21.8 Å². The molecule has 2 aromatic carbocycles. The molecule has 0 bridgehead atoms. The van der Waals surface area contributed by atoms with Crippen LogP contribution in [0.3, 0.4) is 0 Å². The first-order valence-electron chi connectivity index (χ1n) is 11.3. The number of hydrogen-bond donors (Lipinski definition) is 4. The highest BCUT2D eigenvalue weighted by Gasteiger charge is 2.17.